The Hall–Kier alpha value is -0.870. The first-order valence-corrected chi connectivity index (χ1v) is 6.56. The molecular formula is C13H20ClFN2O. The Morgan fingerprint density at radius 1 is 1.50 bits per heavy atom. The van der Waals surface area contributed by atoms with Gasteiger partial charge in [0.25, 0.3) is 0 Å². The highest BCUT2D eigenvalue weighted by Crippen LogP contribution is 2.21. The molecule has 1 rings (SSSR count). The average Bonchev–Trinajstić information content (AvgIpc) is 2.34. The second-order valence-corrected chi connectivity index (χ2v) is 4.84. The molecule has 0 unspecified atom stereocenters. The van der Waals surface area contributed by atoms with Crippen molar-refractivity contribution in [2.24, 2.45) is 5.92 Å². The monoisotopic (exact) mass is 274 g/mol. The molecule has 0 aliphatic rings. The third-order valence-electron chi connectivity index (χ3n) is 2.55. The van der Waals surface area contributed by atoms with Gasteiger partial charge < -0.3 is 9.64 Å². The quantitative estimate of drug-likeness (QED) is 0.715. The summed E-state index contributed by atoms with van der Waals surface area (Å²) in [5, 5.41) is 0. The van der Waals surface area contributed by atoms with Crippen LogP contribution in [0.5, 0.6) is 0 Å². The van der Waals surface area contributed by atoms with Gasteiger partial charge in [-0.1, -0.05) is 13.8 Å². The van der Waals surface area contributed by atoms with Crippen LogP contribution in [0.4, 0.5) is 10.2 Å². The number of methoxy groups -OCH3 is 1. The van der Waals surface area contributed by atoms with Crippen molar-refractivity contribution in [2.45, 2.75) is 19.7 Å². The Morgan fingerprint density at radius 2 is 2.22 bits per heavy atom. The zero-order valence-corrected chi connectivity index (χ0v) is 11.9. The predicted molar refractivity (Wildman–Crippen MR) is 72.7 cm³/mol. The van der Waals surface area contributed by atoms with E-state index in [0.717, 1.165) is 6.54 Å². The van der Waals surface area contributed by atoms with E-state index in [4.69, 9.17) is 16.3 Å². The van der Waals surface area contributed by atoms with E-state index in [1.54, 1.807) is 19.4 Å². The number of alkyl halides is 1. The third-order valence-corrected chi connectivity index (χ3v) is 2.83. The van der Waals surface area contributed by atoms with Gasteiger partial charge in [0, 0.05) is 32.0 Å². The van der Waals surface area contributed by atoms with E-state index in [2.05, 4.69) is 18.8 Å². The maximum atomic E-state index is 14.2. The van der Waals surface area contributed by atoms with Crippen LogP contribution in [-0.4, -0.2) is 31.8 Å². The maximum absolute atomic E-state index is 14.2. The highest BCUT2D eigenvalue weighted by atomic mass is 35.5. The Labute approximate surface area is 113 Å². The SMILES string of the molecule is COCCN(CC(C)C)c1nccc(CCl)c1F. The number of pyridine rings is 1. The van der Waals surface area contributed by atoms with E-state index >= 15 is 0 Å². The summed E-state index contributed by atoms with van der Waals surface area (Å²) in [4.78, 5) is 6.03. The first-order valence-electron chi connectivity index (χ1n) is 6.03. The maximum Gasteiger partial charge on any atom is 0.170 e. The Morgan fingerprint density at radius 3 is 2.78 bits per heavy atom. The third kappa shape index (κ3) is 4.10. The lowest BCUT2D eigenvalue weighted by Crippen LogP contribution is -2.32. The fourth-order valence-electron chi connectivity index (χ4n) is 1.72. The summed E-state index contributed by atoms with van der Waals surface area (Å²) in [7, 11) is 1.63. The Bertz CT molecular complexity index is 374. The van der Waals surface area contributed by atoms with E-state index < -0.39 is 0 Å². The largest absolute Gasteiger partial charge is 0.383 e. The van der Waals surface area contributed by atoms with Gasteiger partial charge in [-0.3, -0.25) is 0 Å². The lowest BCUT2D eigenvalue weighted by molar-refractivity contribution is 0.204. The van der Waals surface area contributed by atoms with Gasteiger partial charge in [-0.05, 0) is 12.0 Å². The van der Waals surface area contributed by atoms with Gasteiger partial charge in [-0.15, -0.1) is 11.6 Å². The molecule has 1 aromatic rings. The number of halogens is 2. The van der Waals surface area contributed by atoms with E-state index in [1.807, 2.05) is 4.90 Å². The topological polar surface area (TPSA) is 25.4 Å². The minimum Gasteiger partial charge on any atom is -0.383 e. The van der Waals surface area contributed by atoms with Crippen molar-refractivity contribution >= 4 is 17.4 Å². The molecule has 0 N–H and O–H groups in total. The fraction of sp³-hybridized carbons (Fsp3) is 0.615. The van der Waals surface area contributed by atoms with Crippen LogP contribution in [0.25, 0.3) is 0 Å². The molecule has 0 saturated carbocycles. The second kappa shape index (κ2) is 7.54. The van der Waals surface area contributed by atoms with Crippen LogP contribution in [0.2, 0.25) is 0 Å². The Kier molecular flexibility index (Phi) is 6.36. The normalized spacial score (nSPS) is 11.0. The lowest BCUT2D eigenvalue weighted by atomic mass is 10.2. The van der Waals surface area contributed by atoms with Gasteiger partial charge in [0.2, 0.25) is 0 Å². The summed E-state index contributed by atoms with van der Waals surface area (Å²) in [5.41, 5.74) is 0.479. The van der Waals surface area contributed by atoms with Crippen LogP contribution >= 0.6 is 11.6 Å². The van der Waals surface area contributed by atoms with Crippen molar-refractivity contribution < 1.29 is 9.13 Å². The minimum atomic E-state index is -0.329. The molecule has 0 atom stereocenters. The summed E-state index contributed by atoms with van der Waals surface area (Å²) in [5.74, 6) is 0.604. The van der Waals surface area contributed by atoms with Gasteiger partial charge in [0.15, 0.2) is 11.6 Å². The van der Waals surface area contributed by atoms with Gasteiger partial charge >= 0.3 is 0 Å². The van der Waals surface area contributed by atoms with Crippen LogP contribution in [0, 0.1) is 11.7 Å². The van der Waals surface area contributed by atoms with Crippen molar-refractivity contribution in [3.05, 3.63) is 23.6 Å². The average molecular weight is 275 g/mol. The summed E-state index contributed by atoms with van der Waals surface area (Å²) in [6.45, 7) is 6.06. The number of nitrogens with zero attached hydrogens (tertiary/aromatic N) is 2. The van der Waals surface area contributed by atoms with Crippen LogP contribution in [-0.2, 0) is 10.6 Å². The standard InChI is InChI=1S/C13H20ClFN2O/c1-10(2)9-17(6-7-18-3)13-12(15)11(8-14)4-5-16-13/h4-5,10H,6-9H2,1-3H3. The highest BCUT2D eigenvalue weighted by Gasteiger charge is 2.16. The molecule has 0 bridgehead atoms. The fourth-order valence-corrected chi connectivity index (χ4v) is 1.93. The van der Waals surface area contributed by atoms with E-state index in [1.165, 1.54) is 0 Å². The van der Waals surface area contributed by atoms with Crippen molar-refractivity contribution in [1.29, 1.82) is 0 Å². The Balaban J connectivity index is 2.96. The minimum absolute atomic E-state index is 0.154. The van der Waals surface area contributed by atoms with Crippen molar-refractivity contribution in [1.82, 2.24) is 4.98 Å². The molecular weight excluding hydrogens is 255 g/mol. The molecule has 0 saturated heterocycles. The molecule has 5 heteroatoms. The molecule has 0 fully saturated rings. The van der Waals surface area contributed by atoms with E-state index in [9.17, 15) is 4.39 Å². The zero-order valence-electron chi connectivity index (χ0n) is 11.1. The zero-order chi connectivity index (χ0) is 13.5. The molecule has 1 heterocycles. The lowest BCUT2D eigenvalue weighted by Gasteiger charge is -2.26. The van der Waals surface area contributed by atoms with Gasteiger partial charge in [0.05, 0.1) is 12.5 Å². The molecule has 0 aliphatic carbocycles. The number of anilines is 1. The molecule has 18 heavy (non-hydrogen) atoms. The van der Waals surface area contributed by atoms with Gasteiger partial charge in [-0.25, -0.2) is 9.37 Å². The molecule has 0 aliphatic heterocycles. The number of aromatic nitrogens is 1. The summed E-state index contributed by atoms with van der Waals surface area (Å²) >= 11 is 5.71. The first kappa shape index (κ1) is 15.2. The number of hydrogen-bond donors (Lipinski definition) is 0. The smallest absolute Gasteiger partial charge is 0.170 e. The molecule has 3 nitrogen and oxygen atoms in total. The van der Waals surface area contributed by atoms with Crippen LogP contribution in [0.3, 0.4) is 0 Å². The van der Waals surface area contributed by atoms with Crippen LogP contribution < -0.4 is 4.90 Å². The van der Waals surface area contributed by atoms with E-state index in [0.29, 0.717) is 30.5 Å². The highest BCUT2D eigenvalue weighted by molar-refractivity contribution is 6.17. The number of hydrogen-bond acceptors (Lipinski definition) is 3. The van der Waals surface area contributed by atoms with Crippen LogP contribution in [0.15, 0.2) is 12.3 Å². The van der Waals surface area contributed by atoms with E-state index in [-0.39, 0.29) is 11.7 Å². The number of ether oxygens (including phenoxy) is 1. The molecule has 0 radical (unpaired) electrons. The summed E-state index contributed by atoms with van der Waals surface area (Å²) in [6.07, 6.45) is 1.59. The molecule has 0 aromatic carbocycles. The number of rotatable bonds is 7. The van der Waals surface area contributed by atoms with Gasteiger partial charge in [0.1, 0.15) is 0 Å². The second-order valence-electron chi connectivity index (χ2n) is 4.57. The summed E-state index contributed by atoms with van der Waals surface area (Å²) in [6, 6.07) is 1.61. The van der Waals surface area contributed by atoms with Crippen LogP contribution in [0.1, 0.15) is 19.4 Å². The molecule has 1 aromatic heterocycles. The van der Waals surface area contributed by atoms with Gasteiger partial charge in [-0.2, -0.15) is 0 Å². The molecule has 102 valence electrons. The van der Waals surface area contributed by atoms with Crippen molar-refractivity contribution in [3.63, 3.8) is 0 Å². The summed E-state index contributed by atoms with van der Waals surface area (Å²) < 4.78 is 19.2. The van der Waals surface area contributed by atoms with Crippen molar-refractivity contribution in [3.8, 4) is 0 Å². The predicted octanol–water partition coefficient (Wildman–Crippen LogP) is 3.07. The first-order chi connectivity index (χ1) is 8.60. The molecule has 0 spiro atoms. The van der Waals surface area contributed by atoms with Crippen molar-refractivity contribution in [2.75, 3.05) is 31.7 Å². The molecule has 0 amide bonds.